The Morgan fingerprint density at radius 1 is 1.58 bits per heavy atom. The molecule has 1 rings (SSSR count). The lowest BCUT2D eigenvalue weighted by Gasteiger charge is -1.96. The Balaban J connectivity index is 2.83. The fraction of sp³-hybridized carbons (Fsp3) is 0.286. The number of aromatic amines is 1. The quantitative estimate of drug-likeness (QED) is 0.751. The Morgan fingerprint density at radius 2 is 2.33 bits per heavy atom. The number of rotatable bonds is 3. The first-order valence-corrected chi connectivity index (χ1v) is 5.05. The summed E-state index contributed by atoms with van der Waals surface area (Å²) >= 11 is 0. The average Bonchev–Trinajstić information content (AvgIpc) is 2.53. The van der Waals surface area contributed by atoms with E-state index in [-0.39, 0.29) is 17.2 Å². The van der Waals surface area contributed by atoms with Crippen molar-refractivity contribution in [2.75, 3.05) is 5.75 Å². The van der Waals surface area contributed by atoms with Gasteiger partial charge in [-0.05, 0) is 12.1 Å². The lowest BCUT2D eigenvalue weighted by molar-refractivity contribution is 0.593. The van der Waals surface area contributed by atoms with Gasteiger partial charge in [0.1, 0.15) is 5.03 Å². The minimum absolute atomic E-state index is 0.0291. The average molecular weight is 184 g/mol. The second-order valence-corrected chi connectivity index (χ2v) is 4.34. The number of nitrogens with one attached hydrogen (secondary N) is 1. The lowest BCUT2D eigenvalue weighted by atomic mass is 10.6. The topological polar surface area (TPSA) is 73.7 Å². The van der Waals surface area contributed by atoms with E-state index in [1.54, 1.807) is 18.3 Å². The van der Waals surface area contributed by atoms with Gasteiger partial charge in [0.25, 0.3) is 0 Å². The first-order valence-electron chi connectivity index (χ1n) is 3.40. The van der Waals surface area contributed by atoms with Crippen LogP contribution in [0.5, 0.6) is 0 Å². The van der Waals surface area contributed by atoms with E-state index >= 15 is 0 Å². The molecule has 0 radical (unpaired) electrons. The largest absolute Gasteiger partial charge is 0.352 e. The van der Waals surface area contributed by atoms with Gasteiger partial charge in [-0.25, -0.2) is 8.42 Å². The van der Waals surface area contributed by atoms with Crippen LogP contribution in [0.2, 0.25) is 0 Å². The first-order chi connectivity index (χ1) is 5.67. The van der Waals surface area contributed by atoms with Gasteiger partial charge in [0.2, 0.25) is 0 Å². The molecule has 1 N–H and O–H groups in total. The van der Waals surface area contributed by atoms with Crippen LogP contribution < -0.4 is 0 Å². The number of nitriles is 1. The number of hydrogen-bond acceptors (Lipinski definition) is 3. The van der Waals surface area contributed by atoms with Crippen molar-refractivity contribution in [2.24, 2.45) is 0 Å². The van der Waals surface area contributed by atoms with Crippen molar-refractivity contribution in [3.05, 3.63) is 18.3 Å². The van der Waals surface area contributed by atoms with Gasteiger partial charge in [0.05, 0.1) is 11.8 Å². The molecule has 0 saturated heterocycles. The van der Waals surface area contributed by atoms with Gasteiger partial charge in [-0.15, -0.1) is 0 Å². The maximum atomic E-state index is 11.3. The molecule has 64 valence electrons. The summed E-state index contributed by atoms with van der Waals surface area (Å²) in [6.07, 6.45) is 1.57. The van der Waals surface area contributed by atoms with Crippen LogP contribution >= 0.6 is 0 Å². The summed E-state index contributed by atoms with van der Waals surface area (Å²) in [5.41, 5.74) is 0. The van der Waals surface area contributed by atoms with Crippen LogP contribution in [-0.4, -0.2) is 19.2 Å². The number of H-pyrrole nitrogens is 1. The molecule has 12 heavy (non-hydrogen) atoms. The highest BCUT2D eigenvalue weighted by Crippen LogP contribution is 2.07. The van der Waals surface area contributed by atoms with Gasteiger partial charge in [-0.2, -0.15) is 5.26 Å². The van der Waals surface area contributed by atoms with Crippen LogP contribution in [0.4, 0.5) is 0 Å². The van der Waals surface area contributed by atoms with Crippen LogP contribution in [0.1, 0.15) is 6.42 Å². The molecule has 0 saturated carbocycles. The Morgan fingerprint density at radius 3 is 2.83 bits per heavy atom. The van der Waals surface area contributed by atoms with Crippen molar-refractivity contribution in [2.45, 2.75) is 11.4 Å². The molecular weight excluding hydrogens is 176 g/mol. The van der Waals surface area contributed by atoms with E-state index in [1.165, 1.54) is 6.07 Å². The van der Waals surface area contributed by atoms with E-state index < -0.39 is 9.84 Å². The second kappa shape index (κ2) is 3.41. The number of sulfone groups is 1. The molecule has 0 aliphatic rings. The first kappa shape index (κ1) is 8.81. The molecule has 1 heterocycles. The minimum atomic E-state index is -3.26. The molecule has 0 spiro atoms. The molecule has 1 aromatic rings. The van der Waals surface area contributed by atoms with Crippen molar-refractivity contribution >= 4 is 9.84 Å². The van der Waals surface area contributed by atoms with E-state index in [0.29, 0.717) is 0 Å². The van der Waals surface area contributed by atoms with Crippen molar-refractivity contribution < 1.29 is 8.42 Å². The van der Waals surface area contributed by atoms with Crippen molar-refractivity contribution in [3.63, 3.8) is 0 Å². The smallest absolute Gasteiger partial charge is 0.194 e. The Hall–Kier alpha value is -1.28. The summed E-state index contributed by atoms with van der Waals surface area (Å²) in [7, 11) is -3.26. The van der Waals surface area contributed by atoms with Crippen LogP contribution in [-0.2, 0) is 9.84 Å². The van der Waals surface area contributed by atoms with E-state index in [1.807, 2.05) is 0 Å². The van der Waals surface area contributed by atoms with Gasteiger partial charge in [0.15, 0.2) is 9.84 Å². The van der Waals surface area contributed by atoms with Gasteiger partial charge < -0.3 is 4.98 Å². The molecule has 0 atom stereocenters. The molecular formula is C7H8N2O2S. The van der Waals surface area contributed by atoms with Crippen LogP contribution in [0.3, 0.4) is 0 Å². The van der Waals surface area contributed by atoms with Crippen LogP contribution in [0.25, 0.3) is 0 Å². The number of hydrogen-bond donors (Lipinski definition) is 1. The Bertz CT molecular complexity index is 372. The monoisotopic (exact) mass is 184 g/mol. The zero-order chi connectivity index (χ0) is 9.03. The van der Waals surface area contributed by atoms with E-state index in [0.717, 1.165) is 0 Å². The van der Waals surface area contributed by atoms with Crippen LogP contribution in [0.15, 0.2) is 23.4 Å². The highest BCUT2D eigenvalue weighted by atomic mass is 32.2. The lowest BCUT2D eigenvalue weighted by Crippen LogP contribution is -2.06. The molecule has 0 fully saturated rings. The predicted molar refractivity (Wildman–Crippen MR) is 43.1 cm³/mol. The molecule has 0 amide bonds. The maximum Gasteiger partial charge on any atom is 0.194 e. The maximum absolute atomic E-state index is 11.3. The minimum Gasteiger partial charge on any atom is -0.352 e. The molecule has 0 bridgehead atoms. The highest BCUT2D eigenvalue weighted by molar-refractivity contribution is 7.91. The fourth-order valence-electron chi connectivity index (χ4n) is 0.797. The number of aromatic nitrogens is 1. The van der Waals surface area contributed by atoms with Crippen molar-refractivity contribution in [1.29, 1.82) is 5.26 Å². The van der Waals surface area contributed by atoms with E-state index in [2.05, 4.69) is 4.98 Å². The molecule has 5 heteroatoms. The SMILES string of the molecule is N#CCCS(=O)(=O)c1ccc[nH]1. The highest BCUT2D eigenvalue weighted by Gasteiger charge is 2.13. The number of nitrogens with zero attached hydrogens (tertiary/aromatic N) is 1. The normalized spacial score (nSPS) is 10.9. The molecule has 0 unspecified atom stereocenters. The van der Waals surface area contributed by atoms with Crippen molar-refractivity contribution in [3.8, 4) is 6.07 Å². The van der Waals surface area contributed by atoms with Gasteiger partial charge >= 0.3 is 0 Å². The molecule has 0 aromatic carbocycles. The van der Waals surface area contributed by atoms with Gasteiger partial charge in [0, 0.05) is 12.6 Å². The Kier molecular flexibility index (Phi) is 2.51. The summed E-state index contributed by atoms with van der Waals surface area (Å²) in [4.78, 5) is 2.59. The second-order valence-electron chi connectivity index (χ2n) is 2.26. The standard InChI is InChI=1S/C7H8N2O2S/c8-4-2-6-12(10,11)7-3-1-5-9-7/h1,3,5,9H,2,6H2. The molecule has 0 aliphatic carbocycles. The summed E-state index contributed by atoms with van der Waals surface area (Å²) in [5, 5.41) is 8.38. The summed E-state index contributed by atoms with van der Waals surface area (Å²) in [5.74, 6) is -0.121. The molecule has 0 aliphatic heterocycles. The zero-order valence-electron chi connectivity index (χ0n) is 6.32. The summed E-state index contributed by atoms with van der Waals surface area (Å²) < 4.78 is 22.5. The van der Waals surface area contributed by atoms with Crippen molar-refractivity contribution in [1.82, 2.24) is 4.98 Å². The van der Waals surface area contributed by atoms with Gasteiger partial charge in [-0.1, -0.05) is 0 Å². The van der Waals surface area contributed by atoms with Gasteiger partial charge in [-0.3, -0.25) is 0 Å². The van der Waals surface area contributed by atoms with Crippen LogP contribution in [0, 0.1) is 11.3 Å². The molecule has 1 aromatic heterocycles. The summed E-state index contributed by atoms with van der Waals surface area (Å²) in [6, 6.07) is 4.88. The third-order valence-electron chi connectivity index (χ3n) is 1.39. The zero-order valence-corrected chi connectivity index (χ0v) is 7.13. The third kappa shape index (κ3) is 1.86. The fourth-order valence-corrected chi connectivity index (χ4v) is 1.91. The Labute approximate surface area is 70.8 Å². The van der Waals surface area contributed by atoms with E-state index in [9.17, 15) is 8.42 Å². The summed E-state index contributed by atoms with van der Waals surface area (Å²) in [6.45, 7) is 0. The van der Waals surface area contributed by atoms with E-state index in [4.69, 9.17) is 5.26 Å². The third-order valence-corrected chi connectivity index (χ3v) is 3.05. The molecule has 4 nitrogen and oxygen atoms in total. The predicted octanol–water partition coefficient (Wildman–Crippen LogP) is 0.702.